The van der Waals surface area contributed by atoms with E-state index >= 15 is 0 Å². The molecule has 5 nitrogen and oxygen atoms in total. The van der Waals surface area contributed by atoms with Gasteiger partial charge in [0, 0.05) is 28.9 Å². The Morgan fingerprint density at radius 3 is 2.80 bits per heavy atom. The lowest BCUT2D eigenvalue weighted by Gasteiger charge is -2.32. The summed E-state index contributed by atoms with van der Waals surface area (Å²) in [6.45, 7) is 3.97. The highest BCUT2D eigenvalue weighted by Crippen LogP contribution is 2.04. The lowest BCUT2D eigenvalue weighted by Crippen LogP contribution is -2.57. The van der Waals surface area contributed by atoms with Gasteiger partial charge in [0.2, 0.25) is 11.8 Å². The van der Waals surface area contributed by atoms with E-state index in [9.17, 15) is 13.8 Å². The fraction of sp³-hybridized carbons (Fsp3) is 0.778. The zero-order valence-electron chi connectivity index (χ0n) is 8.99. The van der Waals surface area contributed by atoms with E-state index in [1.54, 1.807) is 6.92 Å². The van der Waals surface area contributed by atoms with Crippen LogP contribution in [-0.4, -0.2) is 51.6 Å². The van der Waals surface area contributed by atoms with Crippen molar-refractivity contribution in [3.8, 4) is 0 Å². The Balaban J connectivity index is 2.53. The van der Waals surface area contributed by atoms with Gasteiger partial charge in [-0.25, -0.2) is 0 Å². The molecule has 1 rings (SSSR count). The maximum Gasteiger partial charge on any atom is 0.242 e. The predicted octanol–water partition coefficient (Wildman–Crippen LogP) is -0.898. The average Bonchev–Trinajstić information content (AvgIpc) is 2.23. The molecule has 86 valence electrons. The third kappa shape index (κ3) is 3.02. The molecule has 1 N–H and O–H groups in total. The highest BCUT2D eigenvalue weighted by Gasteiger charge is 2.30. The van der Waals surface area contributed by atoms with Crippen LogP contribution >= 0.6 is 0 Å². The topological polar surface area (TPSA) is 66.5 Å². The monoisotopic (exact) mass is 232 g/mol. The van der Waals surface area contributed by atoms with Crippen LogP contribution in [0.2, 0.25) is 0 Å². The molecule has 2 unspecified atom stereocenters. The number of carbonyl (C=O) groups is 2. The molecule has 15 heavy (non-hydrogen) atoms. The van der Waals surface area contributed by atoms with E-state index in [1.165, 1.54) is 4.90 Å². The van der Waals surface area contributed by atoms with Gasteiger partial charge < -0.3 is 10.2 Å². The molecule has 0 aromatic carbocycles. The first-order valence-corrected chi connectivity index (χ1v) is 6.47. The summed E-state index contributed by atoms with van der Waals surface area (Å²) in [5.74, 6) is 0.787. The number of hydrogen-bond donors (Lipinski definition) is 1. The summed E-state index contributed by atoms with van der Waals surface area (Å²) in [4.78, 5) is 24.2. The zero-order chi connectivity index (χ0) is 11.4. The molecule has 2 atom stereocenters. The fourth-order valence-electron chi connectivity index (χ4n) is 1.43. The number of rotatable bonds is 4. The Hall–Kier alpha value is -0.910. The van der Waals surface area contributed by atoms with Crippen LogP contribution in [0.15, 0.2) is 0 Å². The summed E-state index contributed by atoms with van der Waals surface area (Å²) in [6, 6.07) is -0.444. The number of amides is 2. The second-order valence-electron chi connectivity index (χ2n) is 3.41. The number of piperazine rings is 1. The largest absolute Gasteiger partial charge is 0.345 e. The van der Waals surface area contributed by atoms with Crippen molar-refractivity contribution >= 4 is 22.6 Å². The lowest BCUT2D eigenvalue weighted by atomic mass is 10.2. The van der Waals surface area contributed by atoms with Gasteiger partial charge >= 0.3 is 0 Å². The molecule has 0 saturated carbocycles. The van der Waals surface area contributed by atoms with Crippen molar-refractivity contribution in [3.63, 3.8) is 0 Å². The van der Waals surface area contributed by atoms with Crippen LogP contribution in [0.5, 0.6) is 0 Å². The third-order valence-electron chi connectivity index (χ3n) is 2.46. The molecule has 2 amide bonds. The molecule has 0 aromatic heterocycles. The fourth-order valence-corrected chi connectivity index (χ4v) is 2.12. The molecule has 0 bridgehead atoms. The van der Waals surface area contributed by atoms with Crippen LogP contribution < -0.4 is 5.32 Å². The maximum absolute atomic E-state index is 11.5. The van der Waals surface area contributed by atoms with Crippen molar-refractivity contribution in [2.24, 2.45) is 0 Å². The smallest absolute Gasteiger partial charge is 0.242 e. The molecule has 0 radical (unpaired) electrons. The molecule has 6 heteroatoms. The van der Waals surface area contributed by atoms with Gasteiger partial charge in [-0.3, -0.25) is 13.8 Å². The second kappa shape index (κ2) is 5.25. The summed E-state index contributed by atoms with van der Waals surface area (Å²) in [7, 11) is -0.895. The van der Waals surface area contributed by atoms with Crippen molar-refractivity contribution in [1.82, 2.24) is 10.2 Å². The van der Waals surface area contributed by atoms with Crippen molar-refractivity contribution < 1.29 is 13.8 Å². The normalized spacial score (nSPS) is 23.9. The molecule has 0 spiro atoms. The summed E-state index contributed by atoms with van der Waals surface area (Å²) in [6.07, 6.45) is 0. The second-order valence-corrected chi connectivity index (χ2v) is 5.28. The van der Waals surface area contributed by atoms with Crippen molar-refractivity contribution in [2.45, 2.75) is 19.9 Å². The minimum atomic E-state index is -0.895. The minimum Gasteiger partial charge on any atom is -0.345 e. The maximum atomic E-state index is 11.5. The van der Waals surface area contributed by atoms with Crippen molar-refractivity contribution in [3.05, 3.63) is 0 Å². The molecular weight excluding hydrogens is 216 g/mol. The first-order chi connectivity index (χ1) is 7.06. The molecule has 1 aliphatic rings. The van der Waals surface area contributed by atoms with Crippen LogP contribution in [0.25, 0.3) is 0 Å². The molecule has 1 aliphatic heterocycles. The first kappa shape index (κ1) is 12.2. The van der Waals surface area contributed by atoms with Gasteiger partial charge in [-0.2, -0.15) is 0 Å². The van der Waals surface area contributed by atoms with Gasteiger partial charge in [-0.05, 0) is 6.92 Å². The highest BCUT2D eigenvalue weighted by molar-refractivity contribution is 7.84. The zero-order valence-corrected chi connectivity index (χ0v) is 9.80. The highest BCUT2D eigenvalue weighted by atomic mass is 32.2. The Morgan fingerprint density at radius 2 is 2.20 bits per heavy atom. The first-order valence-electron chi connectivity index (χ1n) is 4.98. The number of nitrogens with one attached hydrogen (secondary N) is 1. The van der Waals surface area contributed by atoms with E-state index in [1.807, 2.05) is 6.92 Å². The third-order valence-corrected chi connectivity index (χ3v) is 3.74. The van der Waals surface area contributed by atoms with E-state index in [0.717, 1.165) is 0 Å². The standard InChI is InChI=1S/C9H16N2O3S/c1-3-15(14)5-4-11-7(2)9(13)10-6-8(11)12/h7H,3-6H2,1-2H3,(H,10,13). The van der Waals surface area contributed by atoms with E-state index in [4.69, 9.17) is 0 Å². The molecule has 1 fully saturated rings. The van der Waals surface area contributed by atoms with Crippen LogP contribution in [0.4, 0.5) is 0 Å². The van der Waals surface area contributed by atoms with Gasteiger partial charge in [0.1, 0.15) is 6.04 Å². The van der Waals surface area contributed by atoms with E-state index in [-0.39, 0.29) is 18.4 Å². The Bertz CT molecular complexity index is 293. The van der Waals surface area contributed by atoms with Crippen LogP contribution in [0.1, 0.15) is 13.8 Å². The molecule has 0 aliphatic carbocycles. The van der Waals surface area contributed by atoms with Gasteiger partial charge in [0.05, 0.1) is 6.54 Å². The molecule has 1 heterocycles. The average molecular weight is 232 g/mol. The predicted molar refractivity (Wildman–Crippen MR) is 57.7 cm³/mol. The number of hydrogen-bond acceptors (Lipinski definition) is 3. The molecular formula is C9H16N2O3S. The summed E-state index contributed by atoms with van der Waals surface area (Å²) in [5, 5.41) is 2.51. The number of carbonyl (C=O) groups excluding carboxylic acids is 2. The van der Waals surface area contributed by atoms with E-state index < -0.39 is 16.8 Å². The minimum absolute atomic E-state index is 0.0575. The van der Waals surface area contributed by atoms with Crippen molar-refractivity contribution in [2.75, 3.05) is 24.6 Å². The molecule has 0 aromatic rings. The summed E-state index contributed by atoms with van der Waals surface area (Å²) in [5.41, 5.74) is 0. The van der Waals surface area contributed by atoms with Gasteiger partial charge in [-0.15, -0.1) is 0 Å². The number of nitrogens with zero attached hydrogens (tertiary/aromatic N) is 1. The Morgan fingerprint density at radius 1 is 1.53 bits per heavy atom. The Labute approximate surface area is 91.7 Å². The van der Waals surface area contributed by atoms with Crippen molar-refractivity contribution in [1.29, 1.82) is 0 Å². The lowest BCUT2D eigenvalue weighted by molar-refractivity contribution is -0.144. The van der Waals surface area contributed by atoms with Crippen LogP contribution in [-0.2, 0) is 20.4 Å². The van der Waals surface area contributed by atoms with Gasteiger partial charge in [-0.1, -0.05) is 6.92 Å². The molecule has 1 saturated heterocycles. The summed E-state index contributed by atoms with van der Waals surface area (Å²) >= 11 is 0. The van der Waals surface area contributed by atoms with Crippen LogP contribution in [0, 0.1) is 0 Å². The van der Waals surface area contributed by atoms with E-state index in [2.05, 4.69) is 5.32 Å². The quantitative estimate of drug-likeness (QED) is 0.683. The Kier molecular flexibility index (Phi) is 4.26. The summed E-state index contributed by atoms with van der Waals surface area (Å²) < 4.78 is 11.2. The van der Waals surface area contributed by atoms with Gasteiger partial charge in [0.15, 0.2) is 0 Å². The van der Waals surface area contributed by atoms with Gasteiger partial charge in [0.25, 0.3) is 0 Å². The SMILES string of the molecule is CCS(=O)CCN1C(=O)CNC(=O)C1C. The van der Waals surface area contributed by atoms with E-state index in [0.29, 0.717) is 18.1 Å². The van der Waals surface area contributed by atoms with Crippen LogP contribution in [0.3, 0.4) is 0 Å².